The Morgan fingerprint density at radius 2 is 2.00 bits per heavy atom. The molecule has 1 aromatic heterocycles. The molecule has 3 nitrogen and oxygen atoms in total. The first-order valence-corrected chi connectivity index (χ1v) is 8.46. The van der Waals surface area contributed by atoms with Crippen molar-refractivity contribution in [3.8, 4) is 0 Å². The number of benzene rings is 1. The van der Waals surface area contributed by atoms with Crippen molar-refractivity contribution in [2.75, 3.05) is 5.73 Å². The third-order valence-corrected chi connectivity index (χ3v) is 5.86. The van der Waals surface area contributed by atoms with E-state index in [9.17, 15) is 4.79 Å². The minimum absolute atomic E-state index is 0.00680. The van der Waals surface area contributed by atoms with Crippen LogP contribution in [0.25, 0.3) is 10.1 Å². The number of nitrogen functional groups attached to an aromatic ring is 1. The van der Waals surface area contributed by atoms with Crippen LogP contribution in [0.4, 0.5) is 5.69 Å². The van der Waals surface area contributed by atoms with Crippen molar-refractivity contribution in [3.63, 3.8) is 0 Å². The Balaban J connectivity index is 1.82. The van der Waals surface area contributed by atoms with E-state index in [1.807, 2.05) is 12.1 Å². The van der Waals surface area contributed by atoms with Gasteiger partial charge in [0.25, 0.3) is 5.91 Å². The highest BCUT2D eigenvalue weighted by atomic mass is 32.1. The Kier molecular flexibility index (Phi) is 3.89. The third-order valence-electron chi connectivity index (χ3n) is 4.51. The van der Waals surface area contributed by atoms with Gasteiger partial charge in [0.05, 0.1) is 5.69 Å². The Labute approximate surface area is 129 Å². The van der Waals surface area contributed by atoms with E-state index in [1.165, 1.54) is 29.7 Å². The molecule has 112 valence electrons. The van der Waals surface area contributed by atoms with Crippen LogP contribution in [0.15, 0.2) is 18.2 Å². The first-order valence-electron chi connectivity index (χ1n) is 7.64. The van der Waals surface area contributed by atoms with Gasteiger partial charge in [-0.2, -0.15) is 0 Å². The highest BCUT2D eigenvalue weighted by Gasteiger charge is 2.23. The van der Waals surface area contributed by atoms with Gasteiger partial charge in [-0.15, -0.1) is 11.3 Å². The summed E-state index contributed by atoms with van der Waals surface area (Å²) in [6.45, 7) is 4.34. The summed E-state index contributed by atoms with van der Waals surface area (Å²) in [5, 5.41) is 4.17. The molecule has 0 radical (unpaired) electrons. The number of nitrogens with two attached hydrogens (primary N) is 1. The zero-order valence-corrected chi connectivity index (χ0v) is 13.4. The van der Waals surface area contributed by atoms with Crippen molar-refractivity contribution in [2.24, 2.45) is 5.92 Å². The number of aryl methyl sites for hydroxylation is 1. The van der Waals surface area contributed by atoms with Crippen LogP contribution in [-0.2, 0) is 0 Å². The molecule has 1 amide bonds. The molecular formula is C17H22N2OS. The van der Waals surface area contributed by atoms with E-state index in [0.717, 1.165) is 28.8 Å². The van der Waals surface area contributed by atoms with Crippen LogP contribution in [0.2, 0.25) is 0 Å². The normalized spacial score (nSPS) is 22.4. The second-order valence-corrected chi connectivity index (χ2v) is 7.25. The number of fused-ring (bicyclic) bond motifs is 1. The summed E-state index contributed by atoms with van der Waals surface area (Å²) >= 11 is 1.51. The maximum absolute atomic E-state index is 12.5. The van der Waals surface area contributed by atoms with Gasteiger partial charge >= 0.3 is 0 Å². The quantitative estimate of drug-likeness (QED) is 0.877. The second-order valence-electron chi connectivity index (χ2n) is 6.23. The van der Waals surface area contributed by atoms with Crippen LogP contribution < -0.4 is 11.1 Å². The zero-order valence-electron chi connectivity index (χ0n) is 12.6. The smallest absolute Gasteiger partial charge is 0.263 e. The van der Waals surface area contributed by atoms with E-state index in [0.29, 0.717) is 16.6 Å². The van der Waals surface area contributed by atoms with Crippen molar-refractivity contribution in [1.82, 2.24) is 5.32 Å². The lowest BCUT2D eigenvalue weighted by Gasteiger charge is -2.26. The topological polar surface area (TPSA) is 55.1 Å². The molecule has 1 aliphatic rings. The van der Waals surface area contributed by atoms with Gasteiger partial charge in [0, 0.05) is 16.1 Å². The molecule has 21 heavy (non-hydrogen) atoms. The van der Waals surface area contributed by atoms with Gasteiger partial charge in [0.2, 0.25) is 0 Å². The van der Waals surface area contributed by atoms with Crippen LogP contribution >= 0.6 is 11.3 Å². The molecule has 1 aromatic carbocycles. The number of hydrogen-bond acceptors (Lipinski definition) is 3. The number of nitrogens with one attached hydrogen (secondary N) is 1. The predicted molar refractivity (Wildman–Crippen MR) is 89.9 cm³/mol. The molecule has 3 rings (SSSR count). The van der Waals surface area contributed by atoms with E-state index in [1.54, 1.807) is 0 Å². The van der Waals surface area contributed by atoms with E-state index < -0.39 is 0 Å². The third kappa shape index (κ3) is 2.77. The lowest BCUT2D eigenvalue weighted by molar-refractivity contribution is 0.0928. The number of carbonyl (C=O) groups excluding carboxylic acids is 1. The first-order chi connectivity index (χ1) is 10.1. The highest BCUT2D eigenvalue weighted by Crippen LogP contribution is 2.35. The molecule has 0 saturated heterocycles. The lowest BCUT2D eigenvalue weighted by Crippen LogP contribution is -2.37. The van der Waals surface area contributed by atoms with Crippen molar-refractivity contribution < 1.29 is 4.79 Å². The van der Waals surface area contributed by atoms with Crippen LogP contribution in [-0.4, -0.2) is 11.9 Å². The molecule has 1 saturated carbocycles. The van der Waals surface area contributed by atoms with Gasteiger partial charge in [-0.25, -0.2) is 0 Å². The average molecular weight is 302 g/mol. The van der Waals surface area contributed by atoms with Crippen LogP contribution in [0.3, 0.4) is 0 Å². The van der Waals surface area contributed by atoms with Crippen molar-refractivity contribution in [2.45, 2.75) is 45.6 Å². The molecule has 4 heteroatoms. The first kappa shape index (κ1) is 14.4. The van der Waals surface area contributed by atoms with Crippen LogP contribution in [0.5, 0.6) is 0 Å². The minimum atomic E-state index is -0.00680. The van der Waals surface area contributed by atoms with Crippen molar-refractivity contribution in [1.29, 1.82) is 0 Å². The summed E-state index contributed by atoms with van der Waals surface area (Å²) in [7, 11) is 0. The number of amides is 1. The lowest BCUT2D eigenvalue weighted by atomic mass is 9.87. The number of rotatable bonds is 2. The second kappa shape index (κ2) is 5.68. The van der Waals surface area contributed by atoms with Crippen molar-refractivity contribution in [3.05, 3.63) is 28.6 Å². The number of thiophene rings is 1. The molecule has 0 bridgehead atoms. The maximum atomic E-state index is 12.5. The number of anilines is 1. The van der Waals surface area contributed by atoms with Gasteiger partial charge in [-0.05, 0) is 44.1 Å². The Bertz CT molecular complexity index is 669. The number of carbonyl (C=O) groups is 1. The molecule has 0 spiro atoms. The fourth-order valence-corrected chi connectivity index (χ4v) is 4.20. The molecular weight excluding hydrogens is 280 g/mol. The SMILES string of the molecule is Cc1cccc2c(N)c(C(=O)NC3CCC(C)CC3)sc12. The van der Waals surface area contributed by atoms with Gasteiger partial charge in [-0.3, -0.25) is 4.79 Å². The molecule has 0 aliphatic heterocycles. The van der Waals surface area contributed by atoms with E-state index in [-0.39, 0.29) is 5.91 Å². The van der Waals surface area contributed by atoms with Crippen molar-refractivity contribution >= 4 is 33.0 Å². The summed E-state index contributed by atoms with van der Waals surface area (Å²) in [5.41, 5.74) is 7.99. The Hall–Kier alpha value is -1.55. The fourth-order valence-electron chi connectivity index (χ4n) is 3.10. The van der Waals surface area contributed by atoms with E-state index >= 15 is 0 Å². The highest BCUT2D eigenvalue weighted by molar-refractivity contribution is 7.21. The minimum Gasteiger partial charge on any atom is -0.397 e. The summed E-state index contributed by atoms with van der Waals surface area (Å²) in [5.74, 6) is 0.780. The summed E-state index contributed by atoms with van der Waals surface area (Å²) in [6, 6.07) is 6.35. The maximum Gasteiger partial charge on any atom is 0.263 e. The van der Waals surface area contributed by atoms with E-state index in [4.69, 9.17) is 5.73 Å². The molecule has 1 heterocycles. The Morgan fingerprint density at radius 3 is 2.67 bits per heavy atom. The summed E-state index contributed by atoms with van der Waals surface area (Å²) in [6.07, 6.45) is 4.56. The largest absolute Gasteiger partial charge is 0.397 e. The monoisotopic (exact) mass is 302 g/mol. The molecule has 3 N–H and O–H groups in total. The standard InChI is InChI=1S/C17H22N2OS/c1-10-6-8-12(9-7-10)19-17(20)16-14(18)13-5-3-4-11(2)15(13)21-16/h3-5,10,12H,6-9,18H2,1-2H3,(H,19,20). The molecule has 1 fully saturated rings. The van der Waals surface area contributed by atoms with Gasteiger partial charge in [0.15, 0.2) is 0 Å². The molecule has 1 aliphatic carbocycles. The summed E-state index contributed by atoms with van der Waals surface area (Å²) in [4.78, 5) is 13.2. The van der Waals surface area contributed by atoms with Crippen LogP contribution in [0, 0.1) is 12.8 Å². The van der Waals surface area contributed by atoms with Gasteiger partial charge in [0.1, 0.15) is 4.88 Å². The predicted octanol–water partition coefficient (Wildman–Crippen LogP) is 4.10. The van der Waals surface area contributed by atoms with Crippen LogP contribution in [0.1, 0.15) is 47.8 Å². The zero-order chi connectivity index (χ0) is 15.0. The average Bonchev–Trinajstić information content (AvgIpc) is 2.81. The Morgan fingerprint density at radius 1 is 1.29 bits per heavy atom. The van der Waals surface area contributed by atoms with Gasteiger partial charge in [-0.1, -0.05) is 25.1 Å². The molecule has 0 atom stereocenters. The van der Waals surface area contributed by atoms with E-state index in [2.05, 4.69) is 25.2 Å². The fraction of sp³-hybridized carbons (Fsp3) is 0.471. The molecule has 2 aromatic rings. The van der Waals surface area contributed by atoms with Gasteiger partial charge < -0.3 is 11.1 Å². The molecule has 0 unspecified atom stereocenters. The number of hydrogen-bond donors (Lipinski definition) is 2. The summed E-state index contributed by atoms with van der Waals surface area (Å²) < 4.78 is 1.12.